The number of rotatable bonds is 5. The van der Waals surface area contributed by atoms with Crippen LogP contribution in [0, 0.1) is 0 Å². The number of likely N-dealkylation sites (tertiary alicyclic amines) is 1. The Balaban J connectivity index is 1.35. The molecule has 1 N–H and O–H groups in total. The van der Waals surface area contributed by atoms with Crippen LogP contribution < -0.4 is 5.32 Å². The van der Waals surface area contributed by atoms with E-state index in [4.69, 9.17) is 14.1 Å². The molecule has 1 unspecified atom stereocenters. The van der Waals surface area contributed by atoms with Gasteiger partial charge in [0.05, 0.1) is 13.2 Å². The van der Waals surface area contributed by atoms with Gasteiger partial charge in [0.25, 0.3) is 0 Å². The van der Waals surface area contributed by atoms with Crippen molar-refractivity contribution in [1.82, 2.24) is 15.1 Å². The van der Waals surface area contributed by atoms with E-state index < -0.39 is 0 Å². The van der Waals surface area contributed by atoms with Crippen molar-refractivity contribution in [3.63, 3.8) is 0 Å². The summed E-state index contributed by atoms with van der Waals surface area (Å²) in [5.74, 6) is 2.03. The summed E-state index contributed by atoms with van der Waals surface area (Å²) < 4.78 is 11.4. The first-order chi connectivity index (χ1) is 13.3. The highest BCUT2D eigenvalue weighted by Crippen LogP contribution is 2.20. The van der Waals surface area contributed by atoms with Crippen LogP contribution in [0.1, 0.15) is 19.1 Å². The van der Waals surface area contributed by atoms with Crippen LogP contribution in [0.3, 0.4) is 0 Å². The number of nitrogens with one attached hydrogen (secondary N) is 1. The van der Waals surface area contributed by atoms with E-state index in [2.05, 4.69) is 34.2 Å². The molecule has 2 fully saturated rings. The molecule has 6 nitrogen and oxygen atoms in total. The van der Waals surface area contributed by atoms with E-state index in [9.17, 15) is 0 Å². The fourth-order valence-corrected chi connectivity index (χ4v) is 4.03. The number of aliphatic imine (C=N–C) groups is 1. The minimum absolute atomic E-state index is 0.619. The van der Waals surface area contributed by atoms with E-state index in [-0.39, 0.29) is 0 Å². The second kappa shape index (κ2) is 8.76. The minimum Gasteiger partial charge on any atom is -0.461 e. The van der Waals surface area contributed by atoms with Crippen molar-refractivity contribution in [1.29, 1.82) is 0 Å². The third-order valence-corrected chi connectivity index (χ3v) is 5.46. The third kappa shape index (κ3) is 4.45. The van der Waals surface area contributed by atoms with E-state index in [1.165, 1.54) is 6.42 Å². The van der Waals surface area contributed by atoms with Gasteiger partial charge in [-0.05, 0) is 25.5 Å². The van der Waals surface area contributed by atoms with Gasteiger partial charge in [0.15, 0.2) is 5.96 Å². The zero-order chi connectivity index (χ0) is 18.5. The van der Waals surface area contributed by atoms with E-state index in [0.29, 0.717) is 6.04 Å². The van der Waals surface area contributed by atoms with Crippen molar-refractivity contribution in [3.8, 4) is 0 Å². The maximum atomic E-state index is 5.91. The summed E-state index contributed by atoms with van der Waals surface area (Å²) in [6.07, 6.45) is 2.03. The third-order valence-electron chi connectivity index (χ3n) is 5.46. The normalized spacial score (nSPS) is 21.9. The summed E-state index contributed by atoms with van der Waals surface area (Å²) in [5, 5.41) is 4.63. The van der Waals surface area contributed by atoms with Gasteiger partial charge in [-0.15, -0.1) is 0 Å². The summed E-state index contributed by atoms with van der Waals surface area (Å²) in [6.45, 7) is 9.71. The molecule has 2 aliphatic rings. The molecule has 2 aliphatic heterocycles. The molecule has 3 heterocycles. The van der Waals surface area contributed by atoms with Crippen LogP contribution in [0.5, 0.6) is 0 Å². The van der Waals surface area contributed by atoms with Crippen LogP contribution in [0.4, 0.5) is 0 Å². The van der Waals surface area contributed by atoms with Gasteiger partial charge in [0.2, 0.25) is 0 Å². The van der Waals surface area contributed by atoms with Crippen LogP contribution in [0.15, 0.2) is 39.7 Å². The number of morpholine rings is 1. The van der Waals surface area contributed by atoms with Gasteiger partial charge < -0.3 is 19.4 Å². The Hall–Kier alpha value is -2.05. The van der Waals surface area contributed by atoms with Crippen molar-refractivity contribution >= 4 is 16.9 Å². The van der Waals surface area contributed by atoms with Crippen LogP contribution in [0.25, 0.3) is 11.0 Å². The van der Waals surface area contributed by atoms with Crippen molar-refractivity contribution in [3.05, 3.63) is 36.1 Å². The first-order valence-electron chi connectivity index (χ1n) is 10.2. The average Bonchev–Trinajstić information content (AvgIpc) is 3.35. The highest BCUT2D eigenvalue weighted by Gasteiger charge is 2.30. The number of furan rings is 1. The number of hydrogen-bond donors (Lipinski definition) is 1. The number of para-hydroxylation sites is 1. The highest BCUT2D eigenvalue weighted by atomic mass is 16.5. The van der Waals surface area contributed by atoms with Crippen LogP contribution in [0.2, 0.25) is 0 Å². The molecule has 0 saturated carbocycles. The number of hydrogen-bond acceptors (Lipinski definition) is 4. The predicted molar refractivity (Wildman–Crippen MR) is 108 cm³/mol. The summed E-state index contributed by atoms with van der Waals surface area (Å²) in [5.41, 5.74) is 0.955. The predicted octanol–water partition coefficient (Wildman–Crippen LogP) is 2.35. The van der Waals surface area contributed by atoms with Gasteiger partial charge in [0.1, 0.15) is 11.3 Å². The van der Waals surface area contributed by atoms with Crippen LogP contribution >= 0.6 is 0 Å². The average molecular weight is 370 g/mol. The van der Waals surface area contributed by atoms with E-state index in [1.54, 1.807) is 0 Å². The molecule has 0 bridgehead atoms. The Kier molecular flexibility index (Phi) is 5.94. The first kappa shape index (κ1) is 18.3. The number of ether oxygens (including phenoxy) is 1. The Morgan fingerprint density at radius 3 is 2.89 bits per heavy atom. The lowest BCUT2D eigenvalue weighted by molar-refractivity contribution is 0.0195. The Labute approximate surface area is 161 Å². The lowest BCUT2D eigenvalue weighted by atomic mass is 10.2. The molecule has 27 heavy (non-hydrogen) atoms. The molecule has 146 valence electrons. The van der Waals surface area contributed by atoms with Gasteiger partial charge in [-0.25, -0.2) is 0 Å². The van der Waals surface area contributed by atoms with Crippen molar-refractivity contribution in [2.45, 2.75) is 25.8 Å². The van der Waals surface area contributed by atoms with Gasteiger partial charge in [0, 0.05) is 57.1 Å². The van der Waals surface area contributed by atoms with Gasteiger partial charge in [-0.1, -0.05) is 18.2 Å². The second-order valence-corrected chi connectivity index (χ2v) is 7.27. The van der Waals surface area contributed by atoms with Crippen LogP contribution in [-0.4, -0.2) is 74.3 Å². The monoisotopic (exact) mass is 370 g/mol. The molecular formula is C21H30N4O2. The second-order valence-electron chi connectivity index (χ2n) is 7.27. The summed E-state index contributed by atoms with van der Waals surface area (Å²) in [6, 6.07) is 10.9. The number of fused-ring (bicyclic) bond motifs is 1. The molecule has 0 aliphatic carbocycles. The first-order valence-corrected chi connectivity index (χ1v) is 10.2. The Bertz CT molecular complexity index is 733. The van der Waals surface area contributed by atoms with Crippen molar-refractivity contribution in [2.75, 3.05) is 52.5 Å². The number of benzene rings is 1. The Morgan fingerprint density at radius 2 is 2.07 bits per heavy atom. The van der Waals surface area contributed by atoms with Crippen LogP contribution in [-0.2, 0) is 11.2 Å². The number of nitrogens with zero attached hydrogens (tertiary/aromatic N) is 3. The molecule has 6 heteroatoms. The molecule has 0 radical (unpaired) electrons. The molecule has 1 aromatic carbocycles. The summed E-state index contributed by atoms with van der Waals surface area (Å²) >= 11 is 0. The Morgan fingerprint density at radius 1 is 1.22 bits per heavy atom. The van der Waals surface area contributed by atoms with Crippen molar-refractivity contribution < 1.29 is 9.15 Å². The van der Waals surface area contributed by atoms with E-state index >= 15 is 0 Å². The molecule has 0 spiro atoms. The van der Waals surface area contributed by atoms with Gasteiger partial charge in [-0.2, -0.15) is 0 Å². The summed E-state index contributed by atoms with van der Waals surface area (Å²) in [4.78, 5) is 9.84. The highest BCUT2D eigenvalue weighted by molar-refractivity contribution is 5.80. The fraction of sp³-hybridized carbons (Fsp3) is 0.571. The lowest BCUT2D eigenvalue weighted by Gasteiger charge is -2.32. The zero-order valence-electron chi connectivity index (χ0n) is 16.2. The molecular weight excluding hydrogens is 340 g/mol. The smallest absolute Gasteiger partial charge is 0.193 e. The SMILES string of the molecule is CCNC(=NCCc1cc2ccccc2o1)N1CCC(N2CCOCC2)C1. The molecule has 2 saturated heterocycles. The maximum Gasteiger partial charge on any atom is 0.193 e. The molecule has 0 amide bonds. The van der Waals surface area contributed by atoms with E-state index in [1.807, 2.05) is 18.2 Å². The molecule has 2 aromatic rings. The molecule has 4 rings (SSSR count). The fourth-order valence-electron chi connectivity index (χ4n) is 4.03. The van der Waals surface area contributed by atoms with Gasteiger partial charge >= 0.3 is 0 Å². The summed E-state index contributed by atoms with van der Waals surface area (Å²) in [7, 11) is 0. The molecule has 1 aromatic heterocycles. The minimum atomic E-state index is 0.619. The zero-order valence-corrected chi connectivity index (χ0v) is 16.2. The maximum absolute atomic E-state index is 5.91. The van der Waals surface area contributed by atoms with Crippen molar-refractivity contribution in [2.24, 2.45) is 4.99 Å². The standard InChI is InChI=1S/C21H30N4O2/c1-2-22-21(25-10-8-18(16-25)24-11-13-26-14-12-24)23-9-7-19-15-17-5-3-4-6-20(17)27-19/h3-6,15,18H,2,7-14,16H2,1H3,(H,22,23). The number of guanidine groups is 1. The quantitative estimate of drug-likeness (QED) is 0.647. The largest absolute Gasteiger partial charge is 0.461 e. The topological polar surface area (TPSA) is 53.2 Å². The van der Waals surface area contributed by atoms with E-state index in [0.717, 1.165) is 81.6 Å². The van der Waals surface area contributed by atoms with Gasteiger partial charge in [-0.3, -0.25) is 9.89 Å². The molecule has 1 atom stereocenters. The lowest BCUT2D eigenvalue weighted by Crippen LogP contribution is -2.46.